The van der Waals surface area contributed by atoms with E-state index in [4.69, 9.17) is 5.41 Å². The molecule has 1 aliphatic rings. The van der Waals surface area contributed by atoms with Crippen molar-refractivity contribution in [3.8, 4) is 0 Å². The first-order valence-electron chi connectivity index (χ1n) is 5.51. The molecular weight excluding hydrogens is 184 g/mol. The molecule has 0 spiro atoms. The lowest BCUT2D eigenvalue weighted by atomic mass is 10.1. The molecule has 0 aromatic heterocycles. The van der Waals surface area contributed by atoms with Crippen molar-refractivity contribution in [1.29, 1.82) is 5.41 Å². The van der Waals surface area contributed by atoms with Crippen LogP contribution in [0.4, 0.5) is 0 Å². The van der Waals surface area contributed by atoms with Gasteiger partial charge in [-0.05, 0) is 56.0 Å². The molecule has 0 bridgehead atoms. The molecule has 0 amide bonds. The molecular formula is C13H17N2. The molecule has 1 aliphatic heterocycles. The van der Waals surface area contributed by atoms with Gasteiger partial charge in [0.05, 0.1) is 0 Å². The Labute approximate surface area is 91.4 Å². The molecule has 15 heavy (non-hydrogen) atoms. The van der Waals surface area contributed by atoms with Crippen molar-refractivity contribution in [1.82, 2.24) is 4.90 Å². The Bertz CT molecular complexity index is 356. The fourth-order valence-electron chi connectivity index (χ4n) is 2.15. The number of likely N-dealkylation sites (tertiary alicyclic amines) is 1. The van der Waals surface area contributed by atoms with Crippen LogP contribution in [0.5, 0.6) is 0 Å². The van der Waals surface area contributed by atoms with Gasteiger partial charge >= 0.3 is 0 Å². The van der Waals surface area contributed by atoms with Crippen LogP contribution < -0.4 is 0 Å². The lowest BCUT2D eigenvalue weighted by Gasteiger charge is -2.19. The molecule has 1 aromatic rings. The topological polar surface area (TPSA) is 27.1 Å². The number of benzene rings is 1. The van der Waals surface area contributed by atoms with Crippen LogP contribution in [-0.4, -0.2) is 23.8 Å². The molecule has 2 nitrogen and oxygen atoms in total. The minimum Gasteiger partial charge on any atom is -0.357 e. The van der Waals surface area contributed by atoms with Crippen molar-refractivity contribution in [2.45, 2.75) is 26.7 Å². The largest absolute Gasteiger partial charge is 0.357 e. The quantitative estimate of drug-likeness (QED) is 0.548. The third-order valence-corrected chi connectivity index (χ3v) is 2.83. The van der Waals surface area contributed by atoms with Gasteiger partial charge in [-0.25, -0.2) is 0 Å². The van der Waals surface area contributed by atoms with Gasteiger partial charge in [0.1, 0.15) is 5.84 Å². The molecule has 2 heteroatoms. The van der Waals surface area contributed by atoms with Crippen LogP contribution in [-0.2, 0) is 0 Å². The highest BCUT2D eigenvalue weighted by Gasteiger charge is 2.16. The highest BCUT2D eigenvalue weighted by Crippen LogP contribution is 2.15. The van der Waals surface area contributed by atoms with E-state index in [1.54, 1.807) is 0 Å². The molecule has 0 atom stereocenters. The van der Waals surface area contributed by atoms with Crippen LogP contribution in [0, 0.1) is 25.3 Å². The molecule has 1 radical (unpaired) electrons. The number of hydrogen-bond acceptors (Lipinski definition) is 1. The van der Waals surface area contributed by atoms with Gasteiger partial charge in [0, 0.05) is 18.7 Å². The average molecular weight is 201 g/mol. The highest BCUT2D eigenvalue weighted by atomic mass is 15.2. The van der Waals surface area contributed by atoms with E-state index in [0.29, 0.717) is 5.84 Å². The predicted octanol–water partition coefficient (Wildman–Crippen LogP) is 2.52. The predicted molar refractivity (Wildman–Crippen MR) is 62.4 cm³/mol. The summed E-state index contributed by atoms with van der Waals surface area (Å²) in [6, 6.07) is 7.34. The standard InChI is InChI=1S/C13H17N2/c1-10-7-11(2)9-12(8-10)13(14)15-5-3-4-6-15/h8-9,14H,3-6H2,1-2H3. The zero-order valence-electron chi connectivity index (χ0n) is 9.43. The number of nitrogens with one attached hydrogen (secondary N) is 1. The smallest absolute Gasteiger partial charge is 0.128 e. The van der Waals surface area contributed by atoms with Crippen LogP contribution >= 0.6 is 0 Å². The van der Waals surface area contributed by atoms with Crippen molar-refractivity contribution >= 4 is 5.84 Å². The summed E-state index contributed by atoms with van der Waals surface area (Å²) in [5.41, 5.74) is 3.27. The number of amidine groups is 1. The van der Waals surface area contributed by atoms with Crippen molar-refractivity contribution in [2.24, 2.45) is 0 Å². The van der Waals surface area contributed by atoms with Gasteiger partial charge in [-0.1, -0.05) is 0 Å². The maximum absolute atomic E-state index is 8.13. The van der Waals surface area contributed by atoms with E-state index in [1.807, 2.05) is 26.0 Å². The molecule has 0 unspecified atom stereocenters. The third-order valence-electron chi connectivity index (χ3n) is 2.83. The SMILES string of the molecule is Cc1[c]c(C)cc(C(=N)N2CCCC2)c1. The van der Waals surface area contributed by atoms with E-state index >= 15 is 0 Å². The number of hydrogen-bond donors (Lipinski definition) is 1. The Hall–Kier alpha value is -1.31. The van der Waals surface area contributed by atoms with E-state index in [2.05, 4.69) is 11.0 Å². The second-order valence-corrected chi connectivity index (χ2v) is 4.28. The molecule has 1 saturated heterocycles. The molecule has 2 rings (SSSR count). The van der Waals surface area contributed by atoms with E-state index < -0.39 is 0 Å². The Morgan fingerprint density at radius 2 is 1.73 bits per heavy atom. The van der Waals surface area contributed by atoms with Gasteiger partial charge in [-0.3, -0.25) is 5.41 Å². The molecule has 1 N–H and O–H groups in total. The molecule has 1 aromatic carbocycles. The van der Waals surface area contributed by atoms with E-state index in [0.717, 1.165) is 29.8 Å². The fraction of sp³-hybridized carbons (Fsp3) is 0.462. The highest BCUT2D eigenvalue weighted by molar-refractivity contribution is 5.96. The van der Waals surface area contributed by atoms with Gasteiger partial charge in [-0.15, -0.1) is 0 Å². The zero-order valence-corrected chi connectivity index (χ0v) is 9.43. The first-order chi connectivity index (χ1) is 7.16. The van der Waals surface area contributed by atoms with Crippen molar-refractivity contribution in [2.75, 3.05) is 13.1 Å². The molecule has 0 aliphatic carbocycles. The lowest BCUT2D eigenvalue weighted by Crippen LogP contribution is -2.27. The van der Waals surface area contributed by atoms with Gasteiger partial charge in [0.2, 0.25) is 0 Å². The number of aryl methyl sites for hydroxylation is 2. The Balaban J connectivity index is 2.24. The summed E-state index contributed by atoms with van der Waals surface area (Å²) in [5.74, 6) is 0.674. The number of nitrogens with zero attached hydrogens (tertiary/aromatic N) is 1. The van der Waals surface area contributed by atoms with E-state index in [9.17, 15) is 0 Å². The van der Waals surface area contributed by atoms with E-state index in [-0.39, 0.29) is 0 Å². The summed E-state index contributed by atoms with van der Waals surface area (Å²) in [6.45, 7) is 6.15. The van der Waals surface area contributed by atoms with Crippen LogP contribution in [0.25, 0.3) is 0 Å². The summed E-state index contributed by atoms with van der Waals surface area (Å²) >= 11 is 0. The summed E-state index contributed by atoms with van der Waals surface area (Å²) in [4.78, 5) is 2.16. The fourth-order valence-corrected chi connectivity index (χ4v) is 2.15. The van der Waals surface area contributed by atoms with Crippen LogP contribution in [0.2, 0.25) is 0 Å². The zero-order chi connectivity index (χ0) is 10.8. The van der Waals surface area contributed by atoms with Crippen LogP contribution in [0.15, 0.2) is 12.1 Å². The molecule has 79 valence electrons. The summed E-state index contributed by atoms with van der Waals surface area (Å²) in [6.07, 6.45) is 2.44. The molecule has 1 heterocycles. The van der Waals surface area contributed by atoms with E-state index in [1.165, 1.54) is 12.8 Å². The normalized spacial score (nSPS) is 15.7. The van der Waals surface area contributed by atoms with Crippen molar-refractivity contribution < 1.29 is 0 Å². The third kappa shape index (κ3) is 2.20. The lowest BCUT2D eigenvalue weighted by molar-refractivity contribution is 0.517. The number of rotatable bonds is 1. The minimum atomic E-state index is 0.674. The van der Waals surface area contributed by atoms with Gasteiger partial charge < -0.3 is 4.90 Å². The minimum absolute atomic E-state index is 0.674. The second-order valence-electron chi connectivity index (χ2n) is 4.28. The average Bonchev–Trinajstić information content (AvgIpc) is 2.67. The van der Waals surface area contributed by atoms with Crippen molar-refractivity contribution in [3.63, 3.8) is 0 Å². The maximum atomic E-state index is 8.13. The van der Waals surface area contributed by atoms with Gasteiger partial charge in [0.25, 0.3) is 0 Å². The Morgan fingerprint density at radius 1 is 1.20 bits per heavy atom. The summed E-state index contributed by atoms with van der Waals surface area (Å²) in [7, 11) is 0. The monoisotopic (exact) mass is 201 g/mol. The van der Waals surface area contributed by atoms with Crippen LogP contribution in [0.3, 0.4) is 0 Å². The van der Waals surface area contributed by atoms with Gasteiger partial charge in [0.15, 0.2) is 0 Å². The molecule has 0 saturated carbocycles. The maximum Gasteiger partial charge on any atom is 0.128 e. The Kier molecular flexibility index (Phi) is 2.76. The van der Waals surface area contributed by atoms with Gasteiger partial charge in [-0.2, -0.15) is 0 Å². The summed E-state index contributed by atoms with van der Waals surface area (Å²) in [5, 5.41) is 8.13. The Morgan fingerprint density at radius 3 is 2.27 bits per heavy atom. The first-order valence-corrected chi connectivity index (χ1v) is 5.51. The molecule has 1 fully saturated rings. The second kappa shape index (κ2) is 4.05. The van der Waals surface area contributed by atoms with Crippen LogP contribution in [0.1, 0.15) is 29.5 Å². The van der Waals surface area contributed by atoms with Crippen molar-refractivity contribution in [3.05, 3.63) is 34.9 Å². The summed E-state index contributed by atoms with van der Waals surface area (Å²) < 4.78 is 0. The first kappa shape index (κ1) is 10.2.